The molecular weight excluding hydrogens is 304 g/mol. The topological polar surface area (TPSA) is 88.0 Å². The van der Waals surface area contributed by atoms with Gasteiger partial charge in [0.1, 0.15) is 0 Å². The summed E-state index contributed by atoms with van der Waals surface area (Å²) >= 11 is 1.27. The minimum Gasteiger partial charge on any atom is -0.288 e. The van der Waals surface area contributed by atoms with E-state index in [9.17, 15) is 4.79 Å². The number of nitrogens with zero attached hydrogens (tertiary/aromatic N) is 5. The van der Waals surface area contributed by atoms with Crippen molar-refractivity contribution in [2.24, 2.45) is 0 Å². The van der Waals surface area contributed by atoms with Crippen LogP contribution in [0, 0.1) is 0 Å². The predicted molar refractivity (Wildman–Crippen MR) is 79.9 cm³/mol. The van der Waals surface area contributed by atoms with Crippen LogP contribution in [0.4, 0.5) is 5.88 Å². The Balaban J connectivity index is 1.50. The normalized spacial score (nSPS) is 14.8. The minimum absolute atomic E-state index is 0.181. The van der Waals surface area contributed by atoms with Crippen molar-refractivity contribution in [1.29, 1.82) is 0 Å². The molecule has 3 rings (SSSR count). The molecule has 0 spiro atoms. The van der Waals surface area contributed by atoms with Gasteiger partial charge in [0.15, 0.2) is 5.16 Å². The molecule has 1 fully saturated rings. The van der Waals surface area contributed by atoms with E-state index in [4.69, 9.17) is 4.52 Å². The molecule has 3 heterocycles. The van der Waals surface area contributed by atoms with Gasteiger partial charge in [-0.15, -0.1) is 0 Å². The van der Waals surface area contributed by atoms with Crippen molar-refractivity contribution >= 4 is 23.6 Å². The second-order valence-electron chi connectivity index (χ2n) is 4.87. The summed E-state index contributed by atoms with van der Waals surface area (Å²) in [5, 5.41) is 9.27. The summed E-state index contributed by atoms with van der Waals surface area (Å²) in [6, 6.07) is 1.73. The first-order valence-electron chi connectivity index (χ1n) is 7.15. The van der Waals surface area contributed by atoms with Crippen molar-refractivity contribution in [3.8, 4) is 0 Å². The maximum Gasteiger partial charge on any atom is 0.305 e. The van der Waals surface area contributed by atoms with E-state index >= 15 is 0 Å². The number of hydrogen-bond acceptors (Lipinski definition) is 7. The number of rotatable bonds is 5. The number of amides is 1. The average Bonchev–Trinajstić information content (AvgIpc) is 3.03. The van der Waals surface area contributed by atoms with E-state index < -0.39 is 0 Å². The molecule has 0 bridgehead atoms. The lowest BCUT2D eigenvalue weighted by atomic mass is 10.2. The highest BCUT2D eigenvalue weighted by atomic mass is 32.2. The number of carbonyl (C=O) groups is 1. The van der Waals surface area contributed by atoms with Crippen LogP contribution in [0.5, 0.6) is 0 Å². The Morgan fingerprint density at radius 3 is 2.86 bits per heavy atom. The third-order valence-electron chi connectivity index (χ3n) is 3.21. The lowest BCUT2D eigenvalue weighted by molar-refractivity contribution is -0.759. The second-order valence-corrected chi connectivity index (χ2v) is 5.81. The Kier molecular flexibility index (Phi) is 4.84. The molecule has 1 N–H and O–H groups in total. The number of nitrogens with one attached hydrogen (secondary N) is 1. The highest BCUT2D eigenvalue weighted by Crippen LogP contribution is 2.12. The zero-order valence-corrected chi connectivity index (χ0v) is 12.8. The Morgan fingerprint density at radius 1 is 1.32 bits per heavy atom. The SMILES string of the molecule is O=C(CSc1ncccn1)Nc1c[n+](N2CCCCC2)no1. The quantitative estimate of drug-likeness (QED) is 0.490. The van der Waals surface area contributed by atoms with E-state index in [1.54, 1.807) is 29.4 Å². The Hall–Kier alpha value is -2.16. The fourth-order valence-corrected chi connectivity index (χ4v) is 2.78. The van der Waals surface area contributed by atoms with Gasteiger partial charge in [-0.1, -0.05) is 11.8 Å². The van der Waals surface area contributed by atoms with Gasteiger partial charge < -0.3 is 0 Å². The van der Waals surface area contributed by atoms with Crippen molar-refractivity contribution < 1.29 is 14.1 Å². The first-order chi connectivity index (χ1) is 10.8. The van der Waals surface area contributed by atoms with Crippen LogP contribution in [0.3, 0.4) is 0 Å². The second kappa shape index (κ2) is 7.21. The van der Waals surface area contributed by atoms with Crippen LogP contribution >= 0.6 is 11.8 Å². The third-order valence-corrected chi connectivity index (χ3v) is 4.09. The van der Waals surface area contributed by atoms with Crippen molar-refractivity contribution in [2.75, 3.05) is 29.2 Å². The number of anilines is 1. The fraction of sp³-hybridized carbons (Fsp3) is 0.462. The fourth-order valence-electron chi connectivity index (χ4n) is 2.17. The lowest BCUT2D eigenvalue weighted by Gasteiger charge is -2.17. The third kappa shape index (κ3) is 3.94. The van der Waals surface area contributed by atoms with Crippen molar-refractivity contribution in [2.45, 2.75) is 24.4 Å². The molecule has 0 radical (unpaired) electrons. The summed E-state index contributed by atoms with van der Waals surface area (Å²) in [6.45, 7) is 1.90. The van der Waals surface area contributed by atoms with Crippen LogP contribution < -0.4 is 15.1 Å². The zero-order valence-electron chi connectivity index (χ0n) is 12.0. The molecule has 2 aromatic rings. The van der Waals surface area contributed by atoms with Gasteiger partial charge in [0.05, 0.1) is 23.6 Å². The summed E-state index contributed by atoms with van der Waals surface area (Å²) in [7, 11) is 0. The van der Waals surface area contributed by atoms with Crippen LogP contribution in [-0.4, -0.2) is 40.0 Å². The van der Waals surface area contributed by atoms with Gasteiger partial charge >= 0.3 is 5.88 Å². The Morgan fingerprint density at radius 2 is 2.09 bits per heavy atom. The lowest BCUT2D eigenvalue weighted by Crippen LogP contribution is -2.60. The maximum absolute atomic E-state index is 11.9. The molecular formula is C13H17N6O2S+. The molecule has 1 amide bonds. The van der Waals surface area contributed by atoms with Crippen molar-refractivity contribution in [3.05, 3.63) is 24.7 Å². The molecule has 0 saturated carbocycles. The van der Waals surface area contributed by atoms with Gasteiger partial charge in [-0.25, -0.2) is 9.97 Å². The van der Waals surface area contributed by atoms with Crippen LogP contribution in [0.1, 0.15) is 19.3 Å². The summed E-state index contributed by atoms with van der Waals surface area (Å²) in [4.78, 5) is 21.6. The monoisotopic (exact) mass is 321 g/mol. The molecule has 0 atom stereocenters. The van der Waals surface area contributed by atoms with Gasteiger partial charge in [0, 0.05) is 12.4 Å². The smallest absolute Gasteiger partial charge is 0.288 e. The van der Waals surface area contributed by atoms with E-state index in [0.29, 0.717) is 11.0 Å². The molecule has 1 saturated heterocycles. The van der Waals surface area contributed by atoms with Gasteiger partial charge in [-0.05, 0) is 25.3 Å². The molecule has 22 heavy (non-hydrogen) atoms. The van der Waals surface area contributed by atoms with E-state index in [1.807, 2.05) is 0 Å². The van der Waals surface area contributed by atoms with Crippen LogP contribution in [0.15, 0.2) is 34.3 Å². The molecule has 2 aromatic heterocycles. The number of carbonyl (C=O) groups excluding carboxylic acids is 1. The van der Waals surface area contributed by atoms with E-state index in [1.165, 1.54) is 18.2 Å². The number of piperidine rings is 1. The van der Waals surface area contributed by atoms with Crippen LogP contribution in [-0.2, 0) is 4.79 Å². The van der Waals surface area contributed by atoms with E-state index in [2.05, 4.69) is 25.6 Å². The molecule has 0 unspecified atom stereocenters. The Bertz CT molecular complexity index is 614. The van der Waals surface area contributed by atoms with E-state index in [0.717, 1.165) is 25.9 Å². The zero-order chi connectivity index (χ0) is 15.2. The van der Waals surface area contributed by atoms with Crippen molar-refractivity contribution in [1.82, 2.24) is 15.2 Å². The summed E-state index contributed by atoms with van der Waals surface area (Å²) in [5.74, 6) is 0.374. The predicted octanol–water partition coefficient (Wildman–Crippen LogP) is 0.605. The van der Waals surface area contributed by atoms with Gasteiger partial charge in [0.2, 0.25) is 11.2 Å². The summed E-state index contributed by atoms with van der Waals surface area (Å²) in [6.07, 6.45) is 8.52. The van der Waals surface area contributed by atoms with Gasteiger partial charge in [-0.2, -0.15) is 5.01 Å². The summed E-state index contributed by atoms with van der Waals surface area (Å²) in [5.41, 5.74) is 0. The molecule has 116 valence electrons. The Labute approximate surface area is 131 Å². The molecule has 0 aromatic carbocycles. The molecule has 1 aliphatic rings. The molecule has 1 aliphatic heterocycles. The highest BCUT2D eigenvalue weighted by Gasteiger charge is 2.23. The average molecular weight is 321 g/mol. The number of hydrogen-bond donors (Lipinski definition) is 1. The largest absolute Gasteiger partial charge is 0.305 e. The number of thioether (sulfide) groups is 1. The molecule has 8 nitrogen and oxygen atoms in total. The molecule has 0 aliphatic carbocycles. The van der Waals surface area contributed by atoms with Crippen LogP contribution in [0.2, 0.25) is 0 Å². The van der Waals surface area contributed by atoms with Crippen molar-refractivity contribution in [3.63, 3.8) is 0 Å². The van der Waals surface area contributed by atoms with Gasteiger partial charge in [0.25, 0.3) is 6.20 Å². The standard InChI is InChI=1S/C13H16N6O2S/c20-11(10-22-13-14-5-4-6-15-13)16-12-9-19(17-21-12)18-7-2-1-3-8-18/h4-6,9H,1-3,7-8,10H2/p+1. The van der Waals surface area contributed by atoms with Crippen LogP contribution in [0.25, 0.3) is 0 Å². The maximum atomic E-state index is 11.9. The number of aromatic nitrogens is 4. The van der Waals surface area contributed by atoms with Gasteiger partial charge in [-0.3, -0.25) is 14.6 Å². The molecule has 9 heteroatoms. The van der Waals surface area contributed by atoms with E-state index in [-0.39, 0.29) is 11.7 Å². The first kappa shape index (κ1) is 14.8. The minimum atomic E-state index is -0.181. The summed E-state index contributed by atoms with van der Waals surface area (Å²) < 4.78 is 5.14. The first-order valence-corrected chi connectivity index (χ1v) is 8.13. The highest BCUT2D eigenvalue weighted by molar-refractivity contribution is 7.99.